The molecule has 58 heavy (non-hydrogen) atoms. The summed E-state index contributed by atoms with van der Waals surface area (Å²) in [5, 5.41) is 0.0140. The molecule has 1 aliphatic rings. The van der Waals surface area contributed by atoms with Gasteiger partial charge in [0.2, 0.25) is 0 Å². The normalized spacial score (nSPS) is 13.8. The minimum atomic E-state index is -1.65. The molecule has 0 bridgehead atoms. The van der Waals surface area contributed by atoms with Crippen LogP contribution >= 0.6 is 46.4 Å². The van der Waals surface area contributed by atoms with E-state index in [0.29, 0.717) is 25.0 Å². The molecule has 6 rings (SSSR count). The number of nitrogens with zero attached hydrogens (tertiary/aromatic N) is 2. The number of cyclic esters (lactones) is 1. The van der Waals surface area contributed by atoms with Gasteiger partial charge in [-0.2, -0.15) is 0 Å². The van der Waals surface area contributed by atoms with Gasteiger partial charge in [-0.1, -0.05) is 123 Å². The first kappa shape index (κ1) is 43.0. The number of anilines is 2. The molecule has 0 aliphatic carbocycles. The van der Waals surface area contributed by atoms with Gasteiger partial charge < -0.3 is 24.0 Å². The van der Waals surface area contributed by atoms with Crippen LogP contribution in [0, 0.1) is 11.8 Å². The standard InChI is InChI=1S/C48H48Cl4N2O4/c1-29(2)27-56-37-21-13-33(14-22-37)39(31-9-17-35(18-10-31)53(5)6)25-48(42-41(47(55)58-48)43(49)45(51)46(52)44(42)50)26-40(32-11-19-36(20-12-32)54(7)8)34-15-23-38(24-16-34)57-28-30(3)4/h9-26,29-30H,27-28H2,1-8H3/b39-25+,40-26+. The van der Waals surface area contributed by atoms with Crippen molar-refractivity contribution in [3.05, 3.63) is 163 Å². The maximum Gasteiger partial charge on any atom is 0.341 e. The van der Waals surface area contributed by atoms with Crippen molar-refractivity contribution in [2.45, 2.75) is 33.3 Å². The quantitative estimate of drug-likeness (QED) is 0.0630. The Morgan fingerprint density at radius 3 is 1.26 bits per heavy atom. The van der Waals surface area contributed by atoms with Crippen molar-refractivity contribution in [1.29, 1.82) is 0 Å². The number of esters is 1. The monoisotopic (exact) mass is 856 g/mol. The lowest BCUT2D eigenvalue weighted by Crippen LogP contribution is -2.23. The summed E-state index contributed by atoms with van der Waals surface area (Å²) in [6.45, 7) is 9.60. The largest absolute Gasteiger partial charge is 0.493 e. The fraction of sp³-hybridized carbons (Fsp3) is 0.271. The number of hydrogen-bond acceptors (Lipinski definition) is 6. The van der Waals surface area contributed by atoms with E-state index in [2.05, 4.69) is 27.7 Å². The molecule has 6 nitrogen and oxygen atoms in total. The third-order valence-corrected chi connectivity index (χ3v) is 11.5. The highest BCUT2D eigenvalue weighted by Crippen LogP contribution is 2.53. The van der Waals surface area contributed by atoms with E-state index in [1.807, 2.05) is 147 Å². The van der Waals surface area contributed by atoms with Crippen molar-refractivity contribution in [3.8, 4) is 11.5 Å². The molecule has 5 aromatic carbocycles. The third-order valence-electron chi connectivity index (χ3n) is 9.73. The third kappa shape index (κ3) is 9.32. The van der Waals surface area contributed by atoms with E-state index in [-0.39, 0.29) is 31.2 Å². The topological polar surface area (TPSA) is 51.2 Å². The van der Waals surface area contributed by atoms with Crippen LogP contribution in [-0.4, -0.2) is 47.4 Å². The lowest BCUT2D eigenvalue weighted by atomic mass is 9.83. The van der Waals surface area contributed by atoms with Crippen molar-refractivity contribution >= 4 is 74.9 Å². The second-order valence-corrected chi connectivity index (χ2v) is 17.2. The lowest BCUT2D eigenvalue weighted by Gasteiger charge is -2.27. The van der Waals surface area contributed by atoms with Crippen molar-refractivity contribution in [3.63, 3.8) is 0 Å². The van der Waals surface area contributed by atoms with E-state index < -0.39 is 11.6 Å². The molecular weight excluding hydrogens is 810 g/mol. The lowest BCUT2D eigenvalue weighted by molar-refractivity contribution is 0.0300. The van der Waals surface area contributed by atoms with Crippen LogP contribution in [0.15, 0.2) is 109 Å². The fourth-order valence-electron chi connectivity index (χ4n) is 6.65. The number of hydrogen-bond donors (Lipinski definition) is 0. The average Bonchev–Trinajstić information content (AvgIpc) is 3.50. The maximum absolute atomic E-state index is 14.2. The van der Waals surface area contributed by atoms with Crippen molar-refractivity contribution in [2.24, 2.45) is 11.8 Å². The molecule has 0 N–H and O–H groups in total. The number of halogens is 4. The summed E-state index contributed by atoms with van der Waals surface area (Å²) in [6.07, 6.45) is 3.85. The molecular formula is C48H48Cl4N2O4. The van der Waals surface area contributed by atoms with Crippen LogP contribution in [0.2, 0.25) is 20.1 Å². The van der Waals surface area contributed by atoms with Gasteiger partial charge in [0, 0.05) is 45.1 Å². The molecule has 10 heteroatoms. The summed E-state index contributed by atoms with van der Waals surface area (Å²) in [5.74, 6) is 1.53. The Hall–Kier alpha value is -4.59. The van der Waals surface area contributed by atoms with E-state index in [0.717, 1.165) is 56.3 Å². The Morgan fingerprint density at radius 2 is 0.914 bits per heavy atom. The molecule has 302 valence electrons. The average molecular weight is 859 g/mol. The van der Waals surface area contributed by atoms with Gasteiger partial charge in [-0.3, -0.25) is 0 Å². The van der Waals surface area contributed by atoms with E-state index >= 15 is 0 Å². The summed E-state index contributed by atoms with van der Waals surface area (Å²) < 4.78 is 18.7. The summed E-state index contributed by atoms with van der Waals surface area (Å²) in [6, 6.07) is 32.1. The minimum Gasteiger partial charge on any atom is -0.493 e. The van der Waals surface area contributed by atoms with Crippen molar-refractivity contribution in [1.82, 2.24) is 0 Å². The first-order valence-electron chi connectivity index (χ1n) is 19.2. The zero-order valence-corrected chi connectivity index (χ0v) is 37.0. The van der Waals surface area contributed by atoms with Gasteiger partial charge in [-0.15, -0.1) is 0 Å². The smallest absolute Gasteiger partial charge is 0.341 e. The van der Waals surface area contributed by atoms with Crippen LogP contribution in [0.5, 0.6) is 11.5 Å². The summed E-state index contributed by atoms with van der Waals surface area (Å²) in [5.41, 5.74) is 5.67. The minimum absolute atomic E-state index is 0.0173. The van der Waals surface area contributed by atoms with Crippen LogP contribution in [0.1, 0.15) is 65.9 Å². The highest BCUT2D eigenvalue weighted by Gasteiger charge is 2.48. The zero-order chi connectivity index (χ0) is 41.9. The molecule has 0 aromatic heterocycles. The molecule has 0 atom stereocenters. The second kappa shape index (κ2) is 18.1. The Kier molecular flexibility index (Phi) is 13.4. The molecule has 0 saturated heterocycles. The van der Waals surface area contributed by atoms with Crippen LogP contribution in [0.4, 0.5) is 11.4 Å². The maximum atomic E-state index is 14.2. The predicted octanol–water partition coefficient (Wildman–Crippen LogP) is 13.1. The van der Waals surface area contributed by atoms with Crippen molar-refractivity contribution in [2.75, 3.05) is 51.2 Å². The van der Waals surface area contributed by atoms with Crippen LogP contribution < -0.4 is 19.3 Å². The highest BCUT2D eigenvalue weighted by molar-refractivity contribution is 6.53. The molecule has 0 spiro atoms. The van der Waals surface area contributed by atoms with Gasteiger partial charge in [0.05, 0.1) is 38.9 Å². The SMILES string of the molecule is CC(C)COc1ccc(/C(=C/C2(/C=C(/c3ccc(OCC(C)C)cc3)c3ccc(N(C)C)cc3)OC(=O)c3c(Cl)c(Cl)c(Cl)c(Cl)c32)c2ccc(N(C)C)cc2)cc1. The van der Waals surface area contributed by atoms with Gasteiger partial charge in [0.25, 0.3) is 0 Å². The van der Waals surface area contributed by atoms with E-state index in [9.17, 15) is 4.79 Å². The molecule has 0 fully saturated rings. The van der Waals surface area contributed by atoms with Gasteiger partial charge in [-0.25, -0.2) is 4.79 Å². The zero-order valence-electron chi connectivity index (χ0n) is 34.0. The van der Waals surface area contributed by atoms with Gasteiger partial charge in [0.1, 0.15) is 11.5 Å². The van der Waals surface area contributed by atoms with Gasteiger partial charge in [0.15, 0.2) is 5.60 Å². The number of fused-ring (bicyclic) bond motifs is 1. The predicted molar refractivity (Wildman–Crippen MR) is 243 cm³/mol. The van der Waals surface area contributed by atoms with Crippen LogP contribution in [-0.2, 0) is 10.3 Å². The number of carbonyl (C=O) groups excluding carboxylic acids is 1. The number of carbonyl (C=O) groups is 1. The number of ether oxygens (including phenoxy) is 3. The summed E-state index contributed by atoms with van der Waals surface area (Å²) in [7, 11) is 7.97. The van der Waals surface area contributed by atoms with Gasteiger partial charge in [-0.05, 0) is 106 Å². The first-order valence-corrected chi connectivity index (χ1v) is 20.7. The molecule has 1 aliphatic heterocycles. The Morgan fingerprint density at radius 1 is 0.569 bits per heavy atom. The van der Waals surface area contributed by atoms with Gasteiger partial charge >= 0.3 is 5.97 Å². The van der Waals surface area contributed by atoms with E-state index in [1.165, 1.54) is 0 Å². The molecule has 0 radical (unpaired) electrons. The summed E-state index contributed by atoms with van der Waals surface area (Å²) >= 11 is 27.5. The van der Waals surface area contributed by atoms with Crippen LogP contribution in [0.3, 0.4) is 0 Å². The number of benzene rings is 5. The molecule has 5 aromatic rings. The van der Waals surface area contributed by atoms with E-state index in [4.69, 9.17) is 60.6 Å². The fourth-order valence-corrected chi connectivity index (χ4v) is 7.73. The van der Waals surface area contributed by atoms with E-state index in [1.54, 1.807) is 0 Å². The Balaban J connectivity index is 1.68. The van der Waals surface area contributed by atoms with Crippen LogP contribution in [0.25, 0.3) is 11.1 Å². The first-order chi connectivity index (χ1) is 27.6. The molecule has 0 saturated carbocycles. The second-order valence-electron chi connectivity index (χ2n) is 15.6. The summed E-state index contributed by atoms with van der Waals surface area (Å²) in [4.78, 5) is 18.3. The Labute approximate surface area is 362 Å². The highest BCUT2D eigenvalue weighted by atomic mass is 35.5. The molecule has 1 heterocycles. The Bertz CT molecular complexity index is 2190. The molecule has 0 unspecified atom stereocenters. The molecule has 0 amide bonds. The van der Waals surface area contributed by atoms with Crippen molar-refractivity contribution < 1.29 is 19.0 Å². The number of rotatable bonds is 14.